The molecule has 0 saturated carbocycles. The normalized spacial score (nSPS) is 20.1. The van der Waals surface area contributed by atoms with Crippen LogP contribution in [0.15, 0.2) is 18.3 Å². The molecule has 1 saturated heterocycles. The standard InChI is InChI=1S/C15H22N4O2/c1-11-4-3-5-17-14(11)10-18-6-7-19(12(2)20)9-13(8-18)15(16)21/h3-5,13H,6-10H2,1-2H3,(H2,16,21)/t13-/m1/s1. The largest absolute Gasteiger partial charge is 0.369 e. The molecule has 2 rings (SSSR count). The van der Waals surface area contributed by atoms with Crippen molar-refractivity contribution in [1.29, 1.82) is 0 Å². The van der Waals surface area contributed by atoms with Crippen LogP contribution in [0.4, 0.5) is 0 Å². The van der Waals surface area contributed by atoms with E-state index in [4.69, 9.17) is 5.73 Å². The van der Waals surface area contributed by atoms with Gasteiger partial charge in [0.2, 0.25) is 11.8 Å². The van der Waals surface area contributed by atoms with Crippen LogP contribution >= 0.6 is 0 Å². The average molecular weight is 290 g/mol. The Balaban J connectivity index is 2.11. The molecule has 0 unspecified atom stereocenters. The van der Waals surface area contributed by atoms with Crippen molar-refractivity contribution in [3.63, 3.8) is 0 Å². The van der Waals surface area contributed by atoms with E-state index in [9.17, 15) is 9.59 Å². The number of amides is 2. The molecule has 21 heavy (non-hydrogen) atoms. The van der Waals surface area contributed by atoms with Crippen LogP contribution in [0.3, 0.4) is 0 Å². The highest BCUT2D eigenvalue weighted by Gasteiger charge is 2.27. The first-order valence-corrected chi connectivity index (χ1v) is 7.15. The second-order valence-corrected chi connectivity index (χ2v) is 5.57. The fourth-order valence-corrected chi connectivity index (χ4v) is 2.59. The minimum absolute atomic E-state index is 0.0166. The number of hydrogen-bond acceptors (Lipinski definition) is 4. The molecule has 6 nitrogen and oxygen atoms in total. The number of primary amides is 1. The molecule has 2 N–H and O–H groups in total. The second kappa shape index (κ2) is 6.67. The predicted octanol–water partition coefficient (Wildman–Crippen LogP) is 0.156. The summed E-state index contributed by atoms with van der Waals surface area (Å²) in [6, 6.07) is 3.93. The van der Waals surface area contributed by atoms with E-state index in [1.165, 1.54) is 6.92 Å². The lowest BCUT2D eigenvalue weighted by Crippen LogP contribution is -2.39. The number of pyridine rings is 1. The van der Waals surface area contributed by atoms with Crippen molar-refractivity contribution in [2.45, 2.75) is 20.4 Å². The summed E-state index contributed by atoms with van der Waals surface area (Å²) < 4.78 is 0. The monoisotopic (exact) mass is 290 g/mol. The van der Waals surface area contributed by atoms with Crippen LogP contribution in [0.1, 0.15) is 18.2 Å². The lowest BCUT2D eigenvalue weighted by Gasteiger charge is -2.22. The zero-order valence-electron chi connectivity index (χ0n) is 12.6. The van der Waals surface area contributed by atoms with E-state index in [0.29, 0.717) is 26.2 Å². The van der Waals surface area contributed by atoms with Crippen LogP contribution in [0.5, 0.6) is 0 Å². The van der Waals surface area contributed by atoms with E-state index in [-0.39, 0.29) is 17.7 Å². The zero-order chi connectivity index (χ0) is 15.4. The minimum atomic E-state index is -0.356. The van der Waals surface area contributed by atoms with Gasteiger partial charge in [0, 0.05) is 45.8 Å². The Bertz CT molecular complexity index is 532. The number of carbonyl (C=O) groups is 2. The van der Waals surface area contributed by atoms with Gasteiger partial charge in [0.05, 0.1) is 11.6 Å². The molecule has 6 heteroatoms. The van der Waals surface area contributed by atoms with Gasteiger partial charge in [0.25, 0.3) is 0 Å². The Morgan fingerprint density at radius 1 is 1.38 bits per heavy atom. The summed E-state index contributed by atoms with van der Waals surface area (Å²) in [5.41, 5.74) is 7.59. The Hall–Kier alpha value is -1.95. The first-order valence-electron chi connectivity index (χ1n) is 7.15. The number of nitrogens with two attached hydrogens (primary N) is 1. The third-order valence-corrected chi connectivity index (χ3v) is 3.94. The maximum atomic E-state index is 11.6. The van der Waals surface area contributed by atoms with Crippen LogP contribution in [0.2, 0.25) is 0 Å². The zero-order valence-corrected chi connectivity index (χ0v) is 12.6. The van der Waals surface area contributed by atoms with Crippen molar-refractivity contribution < 1.29 is 9.59 Å². The molecule has 0 spiro atoms. The summed E-state index contributed by atoms with van der Waals surface area (Å²) in [5, 5.41) is 0. The molecule has 114 valence electrons. The fourth-order valence-electron chi connectivity index (χ4n) is 2.59. The molecule has 1 aliphatic rings. The molecular weight excluding hydrogens is 268 g/mol. The van der Waals surface area contributed by atoms with Gasteiger partial charge in [0.15, 0.2) is 0 Å². The van der Waals surface area contributed by atoms with Crippen molar-refractivity contribution in [3.8, 4) is 0 Å². The Morgan fingerprint density at radius 3 is 2.76 bits per heavy atom. The van der Waals surface area contributed by atoms with Gasteiger partial charge in [-0.25, -0.2) is 0 Å². The lowest BCUT2D eigenvalue weighted by atomic mass is 10.1. The molecular formula is C15H22N4O2. The molecule has 0 aliphatic carbocycles. The highest BCUT2D eigenvalue weighted by molar-refractivity contribution is 5.79. The van der Waals surface area contributed by atoms with Crippen molar-refractivity contribution in [2.75, 3.05) is 26.2 Å². The smallest absolute Gasteiger partial charge is 0.223 e. The number of carbonyl (C=O) groups excluding carboxylic acids is 2. The third-order valence-electron chi connectivity index (χ3n) is 3.94. The van der Waals surface area contributed by atoms with Crippen molar-refractivity contribution in [2.24, 2.45) is 11.7 Å². The van der Waals surface area contributed by atoms with Gasteiger partial charge in [-0.1, -0.05) is 6.07 Å². The number of aromatic nitrogens is 1. The molecule has 1 aromatic rings. The van der Waals surface area contributed by atoms with Crippen LogP contribution in [0.25, 0.3) is 0 Å². The van der Waals surface area contributed by atoms with Crippen LogP contribution in [-0.2, 0) is 16.1 Å². The molecule has 1 aliphatic heterocycles. The molecule has 1 fully saturated rings. The quantitative estimate of drug-likeness (QED) is 0.860. The van der Waals surface area contributed by atoms with Crippen LogP contribution in [0, 0.1) is 12.8 Å². The maximum Gasteiger partial charge on any atom is 0.223 e. The number of nitrogens with zero attached hydrogens (tertiary/aromatic N) is 3. The number of rotatable bonds is 3. The summed E-state index contributed by atoms with van der Waals surface area (Å²) in [7, 11) is 0. The van der Waals surface area contributed by atoms with Crippen molar-refractivity contribution in [3.05, 3.63) is 29.6 Å². The molecule has 1 aromatic heterocycles. The fraction of sp³-hybridized carbons (Fsp3) is 0.533. The molecule has 1 atom stereocenters. The third kappa shape index (κ3) is 4.01. The summed E-state index contributed by atoms with van der Waals surface area (Å²) in [6.07, 6.45) is 1.77. The molecule has 2 amide bonds. The van der Waals surface area contributed by atoms with E-state index in [1.54, 1.807) is 11.1 Å². The van der Waals surface area contributed by atoms with Gasteiger partial charge >= 0.3 is 0 Å². The van der Waals surface area contributed by atoms with E-state index in [1.807, 2.05) is 19.1 Å². The Kier molecular flexibility index (Phi) is 4.90. The van der Waals surface area contributed by atoms with Crippen LogP contribution in [-0.4, -0.2) is 52.8 Å². The Labute approximate surface area is 124 Å². The SMILES string of the molecule is CC(=O)N1CCN(Cc2ncccc2C)C[C@@H](C(N)=O)C1. The first-order chi connectivity index (χ1) is 9.97. The first kappa shape index (κ1) is 15.4. The number of hydrogen-bond donors (Lipinski definition) is 1. The number of aryl methyl sites for hydroxylation is 1. The van der Waals surface area contributed by atoms with Gasteiger partial charge < -0.3 is 10.6 Å². The summed E-state index contributed by atoms with van der Waals surface area (Å²) in [6.45, 7) is 6.52. The van der Waals surface area contributed by atoms with Gasteiger partial charge in [-0.3, -0.25) is 19.5 Å². The van der Waals surface area contributed by atoms with E-state index >= 15 is 0 Å². The van der Waals surface area contributed by atoms with E-state index < -0.39 is 0 Å². The molecule has 0 aromatic carbocycles. The highest BCUT2D eigenvalue weighted by Crippen LogP contribution is 2.14. The summed E-state index contributed by atoms with van der Waals surface area (Å²) in [4.78, 5) is 31.4. The van der Waals surface area contributed by atoms with Gasteiger partial charge in [-0.05, 0) is 18.6 Å². The van der Waals surface area contributed by atoms with Crippen molar-refractivity contribution in [1.82, 2.24) is 14.8 Å². The maximum absolute atomic E-state index is 11.6. The summed E-state index contributed by atoms with van der Waals surface area (Å²) in [5.74, 6) is -0.705. The van der Waals surface area contributed by atoms with Gasteiger partial charge in [0.1, 0.15) is 0 Å². The topological polar surface area (TPSA) is 79.5 Å². The molecule has 0 bridgehead atoms. The van der Waals surface area contributed by atoms with E-state index in [2.05, 4.69) is 9.88 Å². The second-order valence-electron chi connectivity index (χ2n) is 5.57. The summed E-state index contributed by atoms with van der Waals surface area (Å²) >= 11 is 0. The van der Waals surface area contributed by atoms with Gasteiger partial charge in [-0.15, -0.1) is 0 Å². The average Bonchev–Trinajstić information content (AvgIpc) is 2.64. The molecule has 2 heterocycles. The predicted molar refractivity (Wildman–Crippen MR) is 79.2 cm³/mol. The highest BCUT2D eigenvalue weighted by atomic mass is 16.2. The van der Waals surface area contributed by atoms with Crippen LogP contribution < -0.4 is 5.73 Å². The van der Waals surface area contributed by atoms with Gasteiger partial charge in [-0.2, -0.15) is 0 Å². The minimum Gasteiger partial charge on any atom is -0.369 e. The molecule has 0 radical (unpaired) electrons. The van der Waals surface area contributed by atoms with Crippen molar-refractivity contribution >= 4 is 11.8 Å². The Morgan fingerprint density at radius 2 is 2.14 bits per heavy atom. The lowest BCUT2D eigenvalue weighted by molar-refractivity contribution is -0.130. The van der Waals surface area contributed by atoms with E-state index in [0.717, 1.165) is 17.8 Å².